The summed E-state index contributed by atoms with van der Waals surface area (Å²) in [6.07, 6.45) is 7.15. The zero-order chi connectivity index (χ0) is 11.6. The Balaban J connectivity index is 2.08. The topological polar surface area (TPSA) is 17.8 Å². The molecule has 1 aromatic heterocycles. The van der Waals surface area contributed by atoms with E-state index in [0.717, 1.165) is 0 Å². The number of rotatable bonds is 2. The van der Waals surface area contributed by atoms with Gasteiger partial charge >= 0.3 is 0 Å². The van der Waals surface area contributed by atoms with Gasteiger partial charge in [0.25, 0.3) is 0 Å². The molecule has 1 aromatic carbocycles. The second-order valence-electron chi connectivity index (χ2n) is 3.97. The number of thioether (sulfide) groups is 2. The van der Waals surface area contributed by atoms with E-state index in [1.165, 1.54) is 23.5 Å². The maximum absolute atomic E-state index is 4.20. The highest BCUT2D eigenvalue weighted by atomic mass is 32.2. The second kappa shape index (κ2) is 4.78. The molecule has 3 rings (SSSR count). The first kappa shape index (κ1) is 11.2. The van der Waals surface area contributed by atoms with Gasteiger partial charge in [-0.1, -0.05) is 30.3 Å². The van der Waals surface area contributed by atoms with Crippen LogP contribution in [0.15, 0.2) is 49.1 Å². The molecule has 1 saturated heterocycles. The summed E-state index contributed by atoms with van der Waals surface area (Å²) in [5.74, 6) is 2.42. The van der Waals surface area contributed by atoms with Crippen LogP contribution in [0.5, 0.6) is 0 Å². The highest BCUT2D eigenvalue weighted by Crippen LogP contribution is 2.50. The number of imidazole rings is 1. The second-order valence-corrected chi connectivity index (χ2v) is 6.80. The van der Waals surface area contributed by atoms with Gasteiger partial charge in [-0.3, -0.25) is 0 Å². The highest BCUT2D eigenvalue weighted by Gasteiger charge is 2.37. The van der Waals surface area contributed by atoms with Gasteiger partial charge in [-0.15, -0.1) is 23.5 Å². The van der Waals surface area contributed by atoms with Gasteiger partial charge in [-0.05, 0) is 23.5 Å². The van der Waals surface area contributed by atoms with E-state index in [4.69, 9.17) is 0 Å². The molecular formula is C13H14N2S2. The van der Waals surface area contributed by atoms with Gasteiger partial charge in [-0.2, -0.15) is 0 Å². The van der Waals surface area contributed by atoms with E-state index in [2.05, 4.69) is 46.1 Å². The lowest BCUT2D eigenvalue weighted by molar-refractivity contribution is 0.711. The Morgan fingerprint density at radius 3 is 2.53 bits per heavy atom. The summed E-state index contributed by atoms with van der Waals surface area (Å²) in [6, 6.07) is 10.7. The summed E-state index contributed by atoms with van der Waals surface area (Å²) in [4.78, 5) is 4.20. The van der Waals surface area contributed by atoms with Crippen LogP contribution in [0.25, 0.3) is 0 Å². The summed E-state index contributed by atoms with van der Waals surface area (Å²) in [5, 5.41) is 0. The molecule has 2 nitrogen and oxygen atoms in total. The van der Waals surface area contributed by atoms with Crippen LogP contribution in [-0.2, 0) is 4.20 Å². The first-order valence-electron chi connectivity index (χ1n) is 5.74. The Morgan fingerprint density at radius 1 is 1.12 bits per heavy atom. The van der Waals surface area contributed by atoms with Gasteiger partial charge in [0.05, 0.1) is 6.33 Å². The number of benzene rings is 1. The van der Waals surface area contributed by atoms with Crippen molar-refractivity contribution in [3.63, 3.8) is 0 Å². The van der Waals surface area contributed by atoms with Crippen LogP contribution >= 0.6 is 23.5 Å². The molecule has 0 aliphatic carbocycles. The molecule has 17 heavy (non-hydrogen) atoms. The van der Waals surface area contributed by atoms with Crippen LogP contribution < -0.4 is 0 Å². The maximum atomic E-state index is 4.20. The number of hydrogen-bond donors (Lipinski definition) is 0. The first-order valence-corrected chi connectivity index (χ1v) is 7.71. The lowest BCUT2D eigenvalue weighted by Gasteiger charge is -2.37. The van der Waals surface area contributed by atoms with Gasteiger partial charge < -0.3 is 4.57 Å². The third-order valence-corrected chi connectivity index (χ3v) is 6.24. The van der Waals surface area contributed by atoms with Crippen LogP contribution in [0.1, 0.15) is 12.0 Å². The zero-order valence-corrected chi connectivity index (χ0v) is 11.1. The van der Waals surface area contributed by atoms with Crippen LogP contribution in [0.3, 0.4) is 0 Å². The number of aromatic nitrogens is 2. The van der Waals surface area contributed by atoms with Crippen LogP contribution in [-0.4, -0.2) is 21.1 Å². The molecule has 0 atom stereocenters. The molecule has 0 spiro atoms. The fraction of sp³-hybridized carbons (Fsp3) is 0.308. The van der Waals surface area contributed by atoms with Crippen LogP contribution in [0, 0.1) is 0 Å². The van der Waals surface area contributed by atoms with E-state index in [9.17, 15) is 0 Å². The molecule has 88 valence electrons. The van der Waals surface area contributed by atoms with E-state index in [0.29, 0.717) is 0 Å². The Hall–Kier alpha value is -0.870. The van der Waals surface area contributed by atoms with Crippen molar-refractivity contribution >= 4 is 23.5 Å². The number of nitrogens with zero attached hydrogens (tertiary/aromatic N) is 2. The maximum Gasteiger partial charge on any atom is 0.164 e. The van der Waals surface area contributed by atoms with E-state index in [-0.39, 0.29) is 4.20 Å². The molecule has 1 aliphatic rings. The molecule has 0 saturated carbocycles. The molecule has 0 bridgehead atoms. The molecule has 2 aromatic rings. The van der Waals surface area contributed by atoms with E-state index >= 15 is 0 Å². The molecule has 1 fully saturated rings. The molecular weight excluding hydrogens is 248 g/mol. The monoisotopic (exact) mass is 262 g/mol. The Bertz CT molecular complexity index is 461. The minimum absolute atomic E-state index is 0.0178. The van der Waals surface area contributed by atoms with E-state index in [1.54, 1.807) is 0 Å². The number of hydrogen-bond acceptors (Lipinski definition) is 3. The average molecular weight is 262 g/mol. The lowest BCUT2D eigenvalue weighted by atomic mass is 10.2. The summed E-state index contributed by atoms with van der Waals surface area (Å²) in [5.41, 5.74) is 1.35. The molecule has 2 heterocycles. The van der Waals surface area contributed by atoms with Crippen molar-refractivity contribution in [3.8, 4) is 0 Å². The summed E-state index contributed by atoms with van der Waals surface area (Å²) in [6.45, 7) is 0. The predicted molar refractivity (Wildman–Crippen MR) is 75.3 cm³/mol. The van der Waals surface area contributed by atoms with Crippen molar-refractivity contribution in [2.24, 2.45) is 0 Å². The molecule has 0 amide bonds. The van der Waals surface area contributed by atoms with Crippen molar-refractivity contribution in [1.82, 2.24) is 9.55 Å². The van der Waals surface area contributed by atoms with Crippen molar-refractivity contribution < 1.29 is 0 Å². The van der Waals surface area contributed by atoms with Gasteiger partial charge in [0.2, 0.25) is 0 Å². The minimum Gasteiger partial charge on any atom is -0.309 e. The minimum atomic E-state index is -0.0178. The zero-order valence-electron chi connectivity index (χ0n) is 9.45. The van der Waals surface area contributed by atoms with Crippen molar-refractivity contribution in [1.29, 1.82) is 0 Å². The van der Waals surface area contributed by atoms with Crippen molar-refractivity contribution in [2.45, 2.75) is 10.6 Å². The quantitative estimate of drug-likeness (QED) is 0.826. The normalized spacial score (nSPS) is 19.1. The van der Waals surface area contributed by atoms with Gasteiger partial charge in [-0.25, -0.2) is 4.98 Å². The third-order valence-electron chi connectivity index (χ3n) is 2.87. The average Bonchev–Trinajstić information content (AvgIpc) is 2.95. The largest absolute Gasteiger partial charge is 0.309 e. The van der Waals surface area contributed by atoms with Gasteiger partial charge in [0.1, 0.15) is 0 Å². The fourth-order valence-electron chi connectivity index (χ4n) is 2.07. The molecule has 4 heteroatoms. The molecule has 0 unspecified atom stereocenters. The summed E-state index contributed by atoms with van der Waals surface area (Å²) < 4.78 is 2.22. The molecule has 1 aliphatic heterocycles. The van der Waals surface area contributed by atoms with Gasteiger partial charge in [0.15, 0.2) is 4.20 Å². The highest BCUT2D eigenvalue weighted by molar-refractivity contribution is 8.18. The van der Waals surface area contributed by atoms with Crippen molar-refractivity contribution in [2.75, 3.05) is 11.5 Å². The lowest BCUT2D eigenvalue weighted by Crippen LogP contribution is -2.30. The first-order chi connectivity index (χ1) is 8.42. The Kier molecular flexibility index (Phi) is 3.16. The van der Waals surface area contributed by atoms with Crippen molar-refractivity contribution in [3.05, 3.63) is 54.6 Å². The summed E-state index contributed by atoms with van der Waals surface area (Å²) in [7, 11) is 0. The van der Waals surface area contributed by atoms with Crippen LogP contribution in [0.2, 0.25) is 0 Å². The third kappa shape index (κ3) is 2.00. The SMILES string of the molecule is c1ccc(C2(n3ccnc3)SCCCS2)cc1. The fourth-order valence-corrected chi connectivity index (χ4v) is 5.33. The molecule has 0 radical (unpaired) electrons. The van der Waals surface area contributed by atoms with Gasteiger partial charge in [0, 0.05) is 12.4 Å². The predicted octanol–water partition coefficient (Wildman–Crippen LogP) is 3.41. The van der Waals surface area contributed by atoms with E-state index < -0.39 is 0 Å². The van der Waals surface area contributed by atoms with E-state index in [1.807, 2.05) is 36.0 Å². The Morgan fingerprint density at radius 2 is 1.88 bits per heavy atom. The van der Waals surface area contributed by atoms with Crippen LogP contribution in [0.4, 0.5) is 0 Å². The summed E-state index contributed by atoms with van der Waals surface area (Å²) >= 11 is 4.01. The smallest absolute Gasteiger partial charge is 0.164 e. The molecule has 0 N–H and O–H groups in total. The Labute approximate surface area is 110 Å². The standard InChI is InChI=1S/C13H14N2S2/c1-2-5-12(6-3-1)13(15-8-7-14-11-15)16-9-4-10-17-13/h1-3,5-8,11H,4,9-10H2.